The Bertz CT molecular complexity index is 996. The van der Waals surface area contributed by atoms with E-state index in [9.17, 15) is 24.1 Å². The Hall–Kier alpha value is -3.56. The number of ether oxygens (including phenoxy) is 1. The first-order valence-corrected chi connectivity index (χ1v) is 9.93. The summed E-state index contributed by atoms with van der Waals surface area (Å²) in [7, 11) is 0. The summed E-state index contributed by atoms with van der Waals surface area (Å²) < 4.78 is 19.1. The Labute approximate surface area is 178 Å². The van der Waals surface area contributed by atoms with E-state index < -0.39 is 28.3 Å². The number of nitro groups is 1. The first kappa shape index (κ1) is 22.1. The Morgan fingerprint density at radius 2 is 1.97 bits per heavy atom. The molecule has 10 heteroatoms. The molecule has 1 aliphatic rings. The second-order valence-electron chi connectivity index (χ2n) is 7.12. The standard InChI is InChI=1S/C21H23FN4O5/c1-3-31-21(28)15-5-6-19(23-13-15)24-7-4-8-25(10-9-24)20(27)16-11-17(22)14(2)18(12-16)26(29)30/h5-6,11-13H,3-4,7-10H2,1-2H3. The summed E-state index contributed by atoms with van der Waals surface area (Å²) in [4.78, 5) is 43.0. The molecule has 1 aromatic carbocycles. The number of pyridine rings is 1. The Morgan fingerprint density at radius 1 is 1.19 bits per heavy atom. The van der Waals surface area contributed by atoms with Crippen LogP contribution in [0.2, 0.25) is 0 Å². The van der Waals surface area contributed by atoms with E-state index in [1.807, 2.05) is 4.90 Å². The summed E-state index contributed by atoms with van der Waals surface area (Å²) >= 11 is 0. The molecule has 0 atom stereocenters. The lowest BCUT2D eigenvalue weighted by atomic mass is 10.1. The van der Waals surface area contributed by atoms with Crippen molar-refractivity contribution >= 4 is 23.4 Å². The van der Waals surface area contributed by atoms with Gasteiger partial charge in [-0.15, -0.1) is 0 Å². The lowest BCUT2D eigenvalue weighted by molar-refractivity contribution is -0.385. The van der Waals surface area contributed by atoms with Crippen LogP contribution in [0, 0.1) is 22.9 Å². The molecular formula is C21H23FN4O5. The SMILES string of the molecule is CCOC(=O)c1ccc(N2CCCN(C(=O)c3cc(F)c(C)c([N+](=O)[O-])c3)CC2)nc1. The van der Waals surface area contributed by atoms with E-state index in [-0.39, 0.29) is 17.7 Å². The van der Waals surface area contributed by atoms with Gasteiger partial charge in [0, 0.05) is 44.0 Å². The molecule has 0 bridgehead atoms. The average Bonchev–Trinajstić information content (AvgIpc) is 3.01. The molecule has 9 nitrogen and oxygen atoms in total. The van der Waals surface area contributed by atoms with Gasteiger partial charge < -0.3 is 14.5 Å². The van der Waals surface area contributed by atoms with Crippen LogP contribution in [0.25, 0.3) is 0 Å². The fourth-order valence-corrected chi connectivity index (χ4v) is 3.42. The van der Waals surface area contributed by atoms with Crippen LogP contribution in [0.5, 0.6) is 0 Å². The van der Waals surface area contributed by atoms with Gasteiger partial charge in [-0.05, 0) is 38.5 Å². The molecule has 0 unspecified atom stereocenters. The Balaban J connectivity index is 1.71. The van der Waals surface area contributed by atoms with Crippen molar-refractivity contribution in [3.8, 4) is 0 Å². The van der Waals surface area contributed by atoms with Crippen molar-refractivity contribution in [1.82, 2.24) is 9.88 Å². The van der Waals surface area contributed by atoms with Gasteiger partial charge in [0.1, 0.15) is 11.6 Å². The fourth-order valence-electron chi connectivity index (χ4n) is 3.42. The summed E-state index contributed by atoms with van der Waals surface area (Å²) in [5.74, 6) is -0.998. The van der Waals surface area contributed by atoms with Crippen molar-refractivity contribution in [2.45, 2.75) is 20.3 Å². The minimum absolute atomic E-state index is 0.0415. The summed E-state index contributed by atoms with van der Waals surface area (Å²) in [5, 5.41) is 11.2. The van der Waals surface area contributed by atoms with Gasteiger partial charge in [-0.25, -0.2) is 14.2 Å². The van der Waals surface area contributed by atoms with Gasteiger partial charge in [0.25, 0.3) is 11.6 Å². The molecule has 0 saturated carbocycles. The number of hydrogen-bond donors (Lipinski definition) is 0. The van der Waals surface area contributed by atoms with Crippen molar-refractivity contribution in [3.63, 3.8) is 0 Å². The van der Waals surface area contributed by atoms with Crippen LogP contribution >= 0.6 is 0 Å². The van der Waals surface area contributed by atoms with E-state index in [1.165, 1.54) is 13.1 Å². The lowest BCUT2D eigenvalue weighted by Crippen LogP contribution is -2.35. The normalized spacial score (nSPS) is 14.2. The zero-order valence-corrected chi connectivity index (χ0v) is 17.3. The number of nitrogens with zero attached hydrogens (tertiary/aromatic N) is 4. The number of amides is 1. The summed E-state index contributed by atoms with van der Waals surface area (Å²) in [6.07, 6.45) is 2.10. The summed E-state index contributed by atoms with van der Waals surface area (Å²) in [6, 6.07) is 5.53. The predicted molar refractivity (Wildman–Crippen MR) is 111 cm³/mol. The van der Waals surface area contributed by atoms with Gasteiger partial charge in [0.15, 0.2) is 0 Å². The van der Waals surface area contributed by atoms with Gasteiger partial charge in [0.2, 0.25) is 0 Å². The summed E-state index contributed by atoms with van der Waals surface area (Å²) in [5.41, 5.74) is -0.188. The van der Waals surface area contributed by atoms with Gasteiger partial charge >= 0.3 is 5.97 Å². The maximum Gasteiger partial charge on any atom is 0.339 e. The molecular weight excluding hydrogens is 407 g/mol. The van der Waals surface area contributed by atoms with Gasteiger partial charge in [-0.1, -0.05) is 0 Å². The molecule has 1 saturated heterocycles. The molecule has 31 heavy (non-hydrogen) atoms. The average molecular weight is 430 g/mol. The van der Waals surface area contributed by atoms with Crippen LogP contribution in [0.3, 0.4) is 0 Å². The summed E-state index contributed by atoms with van der Waals surface area (Å²) in [6.45, 7) is 5.22. The van der Waals surface area contributed by atoms with E-state index in [0.29, 0.717) is 44.0 Å². The van der Waals surface area contributed by atoms with Crippen molar-refractivity contribution in [3.05, 3.63) is 63.1 Å². The van der Waals surface area contributed by atoms with Gasteiger partial charge in [0.05, 0.1) is 22.7 Å². The highest BCUT2D eigenvalue weighted by Crippen LogP contribution is 2.24. The highest BCUT2D eigenvalue weighted by Gasteiger charge is 2.25. The van der Waals surface area contributed by atoms with Gasteiger partial charge in [-0.3, -0.25) is 14.9 Å². The number of halogens is 1. The van der Waals surface area contributed by atoms with E-state index in [0.717, 1.165) is 12.1 Å². The third kappa shape index (κ3) is 4.96. The van der Waals surface area contributed by atoms with Crippen LogP contribution < -0.4 is 4.90 Å². The third-order valence-electron chi connectivity index (χ3n) is 5.13. The topological polar surface area (TPSA) is 106 Å². The zero-order chi connectivity index (χ0) is 22.5. The molecule has 1 aliphatic heterocycles. The molecule has 0 aliphatic carbocycles. The first-order valence-electron chi connectivity index (χ1n) is 9.93. The van der Waals surface area contributed by atoms with E-state index in [2.05, 4.69) is 4.98 Å². The molecule has 2 aromatic rings. The molecule has 1 fully saturated rings. The molecule has 0 radical (unpaired) electrons. The smallest absolute Gasteiger partial charge is 0.339 e. The zero-order valence-electron chi connectivity index (χ0n) is 17.3. The molecule has 0 spiro atoms. The Kier molecular flexibility index (Phi) is 6.78. The minimum Gasteiger partial charge on any atom is -0.462 e. The molecule has 2 heterocycles. The number of benzene rings is 1. The van der Waals surface area contributed by atoms with Crippen LogP contribution in [0.4, 0.5) is 15.9 Å². The van der Waals surface area contributed by atoms with Gasteiger partial charge in [-0.2, -0.15) is 0 Å². The number of aromatic nitrogens is 1. The monoisotopic (exact) mass is 430 g/mol. The van der Waals surface area contributed by atoms with E-state index in [1.54, 1.807) is 24.0 Å². The molecule has 3 rings (SSSR count). The highest BCUT2D eigenvalue weighted by atomic mass is 19.1. The number of anilines is 1. The second kappa shape index (κ2) is 9.50. The van der Waals surface area contributed by atoms with Crippen LogP contribution in [0.15, 0.2) is 30.5 Å². The van der Waals surface area contributed by atoms with Crippen LogP contribution in [-0.4, -0.2) is 59.5 Å². The van der Waals surface area contributed by atoms with Crippen molar-refractivity contribution in [2.24, 2.45) is 0 Å². The van der Waals surface area contributed by atoms with Crippen LogP contribution in [0.1, 0.15) is 39.6 Å². The van der Waals surface area contributed by atoms with Crippen molar-refractivity contribution < 1.29 is 23.6 Å². The van der Waals surface area contributed by atoms with Crippen molar-refractivity contribution in [2.75, 3.05) is 37.7 Å². The number of rotatable bonds is 5. The molecule has 0 N–H and O–H groups in total. The lowest BCUT2D eigenvalue weighted by Gasteiger charge is -2.23. The number of esters is 1. The molecule has 164 valence electrons. The first-order chi connectivity index (χ1) is 14.8. The fraction of sp³-hybridized carbons (Fsp3) is 0.381. The number of hydrogen-bond acceptors (Lipinski definition) is 7. The maximum atomic E-state index is 14.1. The molecule has 1 aromatic heterocycles. The van der Waals surface area contributed by atoms with Crippen LogP contribution in [-0.2, 0) is 4.74 Å². The molecule has 1 amide bonds. The second-order valence-corrected chi connectivity index (χ2v) is 7.12. The number of nitro benzene ring substituents is 1. The largest absolute Gasteiger partial charge is 0.462 e. The quantitative estimate of drug-likeness (QED) is 0.408. The maximum absolute atomic E-state index is 14.1. The third-order valence-corrected chi connectivity index (χ3v) is 5.13. The highest BCUT2D eigenvalue weighted by molar-refractivity contribution is 5.95. The minimum atomic E-state index is -0.778. The van der Waals surface area contributed by atoms with Crippen molar-refractivity contribution in [1.29, 1.82) is 0 Å². The Morgan fingerprint density at radius 3 is 2.61 bits per heavy atom. The predicted octanol–water partition coefficient (Wildman–Crippen LogP) is 2.97. The number of carbonyl (C=O) groups is 2. The van der Waals surface area contributed by atoms with E-state index >= 15 is 0 Å². The number of carbonyl (C=O) groups excluding carboxylic acids is 2. The van der Waals surface area contributed by atoms with E-state index in [4.69, 9.17) is 4.74 Å².